The SMILES string of the molecule is O=C(N[C@@H](Cn1cncn1)c1ccccc1)c1c[nH]c2ncccc12. The Bertz CT molecular complexity index is 977. The van der Waals surface area contributed by atoms with Gasteiger partial charge in [0.2, 0.25) is 0 Å². The Morgan fingerprint density at radius 2 is 2.08 bits per heavy atom. The highest BCUT2D eigenvalue weighted by molar-refractivity contribution is 6.06. The van der Waals surface area contributed by atoms with Crippen LogP contribution in [0.15, 0.2) is 67.5 Å². The summed E-state index contributed by atoms with van der Waals surface area (Å²) in [5, 5.41) is 8.03. The van der Waals surface area contributed by atoms with Crippen LogP contribution in [0.1, 0.15) is 22.0 Å². The van der Waals surface area contributed by atoms with Crippen LogP contribution in [0.25, 0.3) is 11.0 Å². The number of aromatic nitrogens is 5. The zero-order valence-corrected chi connectivity index (χ0v) is 13.3. The molecular formula is C18H16N6O. The summed E-state index contributed by atoms with van der Waals surface area (Å²) in [6.07, 6.45) is 6.50. The maximum absolute atomic E-state index is 12.8. The monoisotopic (exact) mass is 332 g/mol. The van der Waals surface area contributed by atoms with E-state index < -0.39 is 0 Å². The van der Waals surface area contributed by atoms with E-state index in [1.807, 2.05) is 42.5 Å². The number of hydrogen-bond acceptors (Lipinski definition) is 4. The highest BCUT2D eigenvalue weighted by Gasteiger charge is 2.19. The van der Waals surface area contributed by atoms with E-state index in [4.69, 9.17) is 0 Å². The maximum Gasteiger partial charge on any atom is 0.254 e. The minimum atomic E-state index is -0.225. The maximum atomic E-state index is 12.8. The predicted molar refractivity (Wildman–Crippen MR) is 92.8 cm³/mol. The van der Waals surface area contributed by atoms with Crippen LogP contribution in [0.2, 0.25) is 0 Å². The summed E-state index contributed by atoms with van der Waals surface area (Å²) < 4.78 is 1.70. The lowest BCUT2D eigenvalue weighted by atomic mass is 10.1. The molecule has 1 aromatic carbocycles. The van der Waals surface area contributed by atoms with Crippen molar-refractivity contribution < 1.29 is 4.79 Å². The van der Waals surface area contributed by atoms with Crippen LogP contribution in [-0.2, 0) is 6.54 Å². The van der Waals surface area contributed by atoms with Crippen molar-refractivity contribution in [3.05, 3.63) is 78.6 Å². The number of aromatic amines is 1. The molecular weight excluding hydrogens is 316 g/mol. The fraction of sp³-hybridized carbons (Fsp3) is 0.111. The van der Waals surface area contributed by atoms with E-state index in [-0.39, 0.29) is 11.9 Å². The highest BCUT2D eigenvalue weighted by Crippen LogP contribution is 2.19. The van der Waals surface area contributed by atoms with Gasteiger partial charge in [-0.25, -0.2) is 9.97 Å². The molecule has 0 aliphatic carbocycles. The molecule has 4 rings (SSSR count). The molecule has 4 aromatic rings. The molecule has 124 valence electrons. The van der Waals surface area contributed by atoms with Gasteiger partial charge in [0, 0.05) is 17.8 Å². The zero-order chi connectivity index (χ0) is 17.1. The number of fused-ring (bicyclic) bond motifs is 1. The molecule has 7 nitrogen and oxygen atoms in total. The predicted octanol–water partition coefficient (Wildman–Crippen LogP) is 2.33. The van der Waals surface area contributed by atoms with Crippen LogP contribution in [0, 0.1) is 0 Å². The van der Waals surface area contributed by atoms with Crippen molar-refractivity contribution in [2.45, 2.75) is 12.6 Å². The van der Waals surface area contributed by atoms with Gasteiger partial charge in [0.15, 0.2) is 0 Å². The largest absolute Gasteiger partial charge is 0.345 e. The summed E-state index contributed by atoms with van der Waals surface area (Å²) in [5.74, 6) is -0.159. The Morgan fingerprint density at radius 1 is 1.20 bits per heavy atom. The minimum Gasteiger partial charge on any atom is -0.345 e. The first kappa shape index (κ1) is 15.1. The van der Waals surface area contributed by atoms with Gasteiger partial charge >= 0.3 is 0 Å². The quantitative estimate of drug-likeness (QED) is 0.587. The third-order valence-electron chi connectivity index (χ3n) is 4.04. The summed E-state index contributed by atoms with van der Waals surface area (Å²) in [6, 6.07) is 13.3. The van der Waals surface area contributed by atoms with Gasteiger partial charge in [-0.2, -0.15) is 5.10 Å². The van der Waals surface area contributed by atoms with E-state index in [1.165, 1.54) is 6.33 Å². The average molecular weight is 332 g/mol. The summed E-state index contributed by atoms with van der Waals surface area (Å²) in [5.41, 5.74) is 2.27. The number of nitrogens with one attached hydrogen (secondary N) is 2. The summed E-state index contributed by atoms with van der Waals surface area (Å²) in [6.45, 7) is 0.496. The van der Waals surface area contributed by atoms with E-state index >= 15 is 0 Å². The van der Waals surface area contributed by atoms with E-state index in [9.17, 15) is 4.79 Å². The Labute approximate surface area is 143 Å². The Balaban J connectivity index is 1.62. The fourth-order valence-corrected chi connectivity index (χ4v) is 2.81. The van der Waals surface area contributed by atoms with Gasteiger partial charge in [-0.05, 0) is 17.7 Å². The third kappa shape index (κ3) is 3.12. The molecule has 1 amide bonds. The van der Waals surface area contributed by atoms with Crippen LogP contribution in [-0.4, -0.2) is 30.6 Å². The molecule has 25 heavy (non-hydrogen) atoms. The van der Waals surface area contributed by atoms with E-state index in [1.54, 1.807) is 23.4 Å². The molecule has 2 N–H and O–H groups in total. The first-order chi connectivity index (χ1) is 12.3. The number of rotatable bonds is 5. The molecule has 0 fully saturated rings. The number of amides is 1. The number of carbonyl (C=O) groups excluding carboxylic acids is 1. The Hall–Kier alpha value is -3.48. The second-order valence-corrected chi connectivity index (χ2v) is 5.66. The summed E-state index contributed by atoms with van der Waals surface area (Å²) in [7, 11) is 0. The number of carbonyl (C=O) groups is 1. The first-order valence-corrected chi connectivity index (χ1v) is 7.91. The topological polar surface area (TPSA) is 88.5 Å². The van der Waals surface area contributed by atoms with Crippen molar-refractivity contribution in [2.24, 2.45) is 0 Å². The van der Waals surface area contributed by atoms with Gasteiger partial charge in [-0.3, -0.25) is 9.48 Å². The van der Waals surface area contributed by atoms with Gasteiger partial charge in [0.25, 0.3) is 5.91 Å². The lowest BCUT2D eigenvalue weighted by molar-refractivity contribution is 0.0933. The van der Waals surface area contributed by atoms with Crippen LogP contribution >= 0.6 is 0 Å². The molecule has 0 saturated heterocycles. The summed E-state index contributed by atoms with van der Waals surface area (Å²) >= 11 is 0. The summed E-state index contributed by atoms with van der Waals surface area (Å²) in [4.78, 5) is 24.0. The zero-order valence-electron chi connectivity index (χ0n) is 13.3. The van der Waals surface area contributed by atoms with Crippen molar-refractivity contribution in [3.8, 4) is 0 Å². The average Bonchev–Trinajstić information content (AvgIpc) is 3.31. The van der Waals surface area contributed by atoms with E-state index in [0.29, 0.717) is 17.8 Å². The molecule has 0 radical (unpaired) electrons. The van der Waals surface area contributed by atoms with Crippen molar-refractivity contribution in [1.29, 1.82) is 0 Å². The molecule has 3 aromatic heterocycles. The minimum absolute atomic E-state index is 0.159. The molecule has 7 heteroatoms. The normalized spacial score (nSPS) is 12.2. The number of benzene rings is 1. The van der Waals surface area contributed by atoms with Crippen molar-refractivity contribution in [3.63, 3.8) is 0 Å². The molecule has 0 bridgehead atoms. The van der Waals surface area contributed by atoms with Gasteiger partial charge < -0.3 is 10.3 Å². The second kappa shape index (κ2) is 6.56. The third-order valence-corrected chi connectivity index (χ3v) is 4.04. The second-order valence-electron chi connectivity index (χ2n) is 5.66. The van der Waals surface area contributed by atoms with Crippen LogP contribution in [0.3, 0.4) is 0 Å². The Morgan fingerprint density at radius 3 is 2.88 bits per heavy atom. The number of pyridine rings is 1. The lowest BCUT2D eigenvalue weighted by Crippen LogP contribution is -2.31. The number of H-pyrrole nitrogens is 1. The van der Waals surface area contributed by atoms with Gasteiger partial charge in [-0.1, -0.05) is 30.3 Å². The number of hydrogen-bond donors (Lipinski definition) is 2. The molecule has 0 aliphatic heterocycles. The van der Waals surface area contributed by atoms with Crippen LogP contribution < -0.4 is 5.32 Å². The van der Waals surface area contributed by atoms with Crippen molar-refractivity contribution >= 4 is 16.9 Å². The molecule has 0 spiro atoms. The van der Waals surface area contributed by atoms with E-state index in [0.717, 1.165) is 10.9 Å². The van der Waals surface area contributed by atoms with Gasteiger partial charge in [0.1, 0.15) is 18.3 Å². The fourth-order valence-electron chi connectivity index (χ4n) is 2.81. The molecule has 0 unspecified atom stereocenters. The first-order valence-electron chi connectivity index (χ1n) is 7.91. The van der Waals surface area contributed by atoms with Crippen LogP contribution in [0.5, 0.6) is 0 Å². The van der Waals surface area contributed by atoms with E-state index in [2.05, 4.69) is 25.4 Å². The molecule has 0 aliphatic rings. The van der Waals surface area contributed by atoms with Crippen molar-refractivity contribution in [1.82, 2.24) is 30.0 Å². The molecule has 3 heterocycles. The standard InChI is InChI=1S/C18H16N6O/c25-18(15-9-21-17-14(15)7-4-8-20-17)23-16(10-24-12-19-11-22-24)13-5-2-1-3-6-13/h1-9,11-12,16H,10H2,(H,20,21)(H,23,25)/t16-/m0/s1. The van der Waals surface area contributed by atoms with Gasteiger partial charge in [0.05, 0.1) is 18.2 Å². The smallest absolute Gasteiger partial charge is 0.254 e. The van der Waals surface area contributed by atoms with Crippen LogP contribution in [0.4, 0.5) is 0 Å². The molecule has 0 saturated carbocycles. The Kier molecular flexibility index (Phi) is 3.96. The molecule has 1 atom stereocenters. The highest BCUT2D eigenvalue weighted by atomic mass is 16.1. The van der Waals surface area contributed by atoms with Crippen molar-refractivity contribution in [2.75, 3.05) is 0 Å². The number of nitrogens with zero attached hydrogens (tertiary/aromatic N) is 4. The van der Waals surface area contributed by atoms with Gasteiger partial charge in [-0.15, -0.1) is 0 Å². The lowest BCUT2D eigenvalue weighted by Gasteiger charge is -2.19.